The van der Waals surface area contributed by atoms with Crippen molar-refractivity contribution in [1.82, 2.24) is 4.90 Å². The predicted molar refractivity (Wildman–Crippen MR) is 114 cm³/mol. The van der Waals surface area contributed by atoms with E-state index in [9.17, 15) is 27.9 Å². The molecular weight excluding hydrogens is 435 g/mol. The monoisotopic (exact) mass is 459 g/mol. The fourth-order valence-electron chi connectivity index (χ4n) is 5.21. The first-order chi connectivity index (χ1) is 15.5. The van der Waals surface area contributed by atoms with Crippen molar-refractivity contribution in [2.45, 2.75) is 49.8 Å². The highest BCUT2D eigenvalue weighted by Crippen LogP contribution is 2.65. The van der Waals surface area contributed by atoms with Gasteiger partial charge in [-0.3, -0.25) is 4.79 Å². The van der Waals surface area contributed by atoms with Gasteiger partial charge >= 0.3 is 12.1 Å². The number of carbonyl (C=O) groups excluding carboxylic acids is 1. The molecule has 3 aliphatic rings. The lowest BCUT2D eigenvalue weighted by Crippen LogP contribution is -2.45. The zero-order valence-electron chi connectivity index (χ0n) is 17.9. The van der Waals surface area contributed by atoms with E-state index in [-0.39, 0.29) is 16.9 Å². The molecule has 174 valence electrons. The van der Waals surface area contributed by atoms with E-state index in [1.165, 1.54) is 12.1 Å². The molecule has 1 aliphatic heterocycles. The minimum Gasteiger partial charge on any atom is -0.478 e. The second-order valence-electron chi connectivity index (χ2n) is 9.63. The van der Waals surface area contributed by atoms with Crippen LogP contribution in [0.15, 0.2) is 42.5 Å². The minimum absolute atomic E-state index is 0.0469. The lowest BCUT2D eigenvalue weighted by Gasteiger charge is -2.34. The van der Waals surface area contributed by atoms with Gasteiger partial charge in [-0.15, -0.1) is 0 Å². The third kappa shape index (κ3) is 3.90. The van der Waals surface area contributed by atoms with Gasteiger partial charge in [0, 0.05) is 13.1 Å². The van der Waals surface area contributed by atoms with Crippen molar-refractivity contribution in [2.75, 3.05) is 13.1 Å². The maximum Gasteiger partial charge on any atom is 0.417 e. The third-order valence-electron chi connectivity index (χ3n) is 7.55. The summed E-state index contributed by atoms with van der Waals surface area (Å²) in [6, 6.07) is 10.1. The second kappa shape index (κ2) is 7.32. The van der Waals surface area contributed by atoms with E-state index < -0.39 is 28.9 Å². The van der Waals surface area contributed by atoms with Crippen LogP contribution in [0, 0.1) is 5.41 Å². The molecule has 1 saturated heterocycles. The number of benzene rings is 2. The average Bonchev–Trinajstić information content (AvgIpc) is 3.70. The van der Waals surface area contributed by atoms with Crippen LogP contribution in [0.2, 0.25) is 0 Å². The van der Waals surface area contributed by atoms with E-state index in [1.54, 1.807) is 17.0 Å². The van der Waals surface area contributed by atoms with E-state index >= 15 is 0 Å². The Kier molecular flexibility index (Phi) is 4.87. The Morgan fingerprint density at radius 1 is 0.970 bits per heavy atom. The molecule has 0 unspecified atom stereocenters. The molecule has 33 heavy (non-hydrogen) atoms. The van der Waals surface area contributed by atoms with Gasteiger partial charge in [-0.1, -0.05) is 30.3 Å². The van der Waals surface area contributed by atoms with Gasteiger partial charge in [-0.2, -0.15) is 13.2 Å². The van der Waals surface area contributed by atoms with Crippen molar-refractivity contribution in [3.05, 3.63) is 59.2 Å². The molecule has 2 aromatic rings. The molecule has 5 nitrogen and oxygen atoms in total. The highest BCUT2D eigenvalue weighted by molar-refractivity contribution is 5.89. The summed E-state index contributed by atoms with van der Waals surface area (Å²) >= 11 is 0. The SMILES string of the molecule is O=C(O)c1ccc(-c2ccc([C@H]3CC34CCN(C(=O)C3(O)CC3)CC4)cc2)c(C(F)(F)F)c1. The number of aromatic carboxylic acids is 1. The van der Waals surface area contributed by atoms with Gasteiger partial charge in [0.05, 0.1) is 11.1 Å². The van der Waals surface area contributed by atoms with Gasteiger partial charge in [0.2, 0.25) is 0 Å². The first-order valence-corrected chi connectivity index (χ1v) is 11.1. The van der Waals surface area contributed by atoms with Crippen LogP contribution in [0.1, 0.15) is 59.5 Å². The minimum atomic E-state index is -4.67. The number of halogens is 3. The van der Waals surface area contributed by atoms with E-state index in [1.807, 2.05) is 12.1 Å². The van der Waals surface area contributed by atoms with Crippen LogP contribution in [0.4, 0.5) is 13.2 Å². The van der Waals surface area contributed by atoms with Gasteiger partial charge < -0.3 is 15.1 Å². The van der Waals surface area contributed by atoms with E-state index in [0.29, 0.717) is 43.5 Å². The topological polar surface area (TPSA) is 77.8 Å². The maximum absolute atomic E-state index is 13.6. The summed E-state index contributed by atoms with van der Waals surface area (Å²) in [6.07, 6.45) is -0.889. The van der Waals surface area contributed by atoms with E-state index in [0.717, 1.165) is 24.8 Å². The molecule has 2 aromatic carbocycles. The maximum atomic E-state index is 13.6. The van der Waals surface area contributed by atoms with Crippen molar-refractivity contribution in [3.63, 3.8) is 0 Å². The van der Waals surface area contributed by atoms with Crippen molar-refractivity contribution in [2.24, 2.45) is 5.41 Å². The van der Waals surface area contributed by atoms with Crippen LogP contribution in [0.3, 0.4) is 0 Å². The molecule has 0 aromatic heterocycles. The molecule has 0 radical (unpaired) electrons. The van der Waals surface area contributed by atoms with Crippen LogP contribution in [-0.2, 0) is 11.0 Å². The Labute approximate surface area is 188 Å². The van der Waals surface area contributed by atoms with Crippen LogP contribution < -0.4 is 0 Å². The number of likely N-dealkylation sites (tertiary alicyclic amines) is 1. The van der Waals surface area contributed by atoms with Gasteiger partial charge in [0.25, 0.3) is 5.91 Å². The summed E-state index contributed by atoms with van der Waals surface area (Å²) in [6.45, 7) is 1.25. The van der Waals surface area contributed by atoms with Crippen molar-refractivity contribution < 1.29 is 33.0 Å². The summed E-state index contributed by atoms with van der Waals surface area (Å²) in [5.74, 6) is -1.25. The number of amides is 1. The van der Waals surface area contributed by atoms with Crippen LogP contribution >= 0.6 is 0 Å². The van der Waals surface area contributed by atoms with Crippen LogP contribution in [-0.4, -0.2) is 45.7 Å². The van der Waals surface area contributed by atoms with E-state index in [4.69, 9.17) is 5.11 Å². The number of carboxylic acid groups (broad SMARTS) is 1. The normalized spacial score (nSPS) is 22.8. The van der Waals surface area contributed by atoms with Crippen LogP contribution in [0.5, 0.6) is 0 Å². The molecule has 8 heteroatoms. The molecule has 2 N–H and O–H groups in total. The average molecular weight is 459 g/mol. The molecular formula is C25H24F3NO4. The Hall–Kier alpha value is -2.87. The second-order valence-corrected chi connectivity index (χ2v) is 9.63. The largest absolute Gasteiger partial charge is 0.478 e. The zero-order chi connectivity index (χ0) is 23.6. The fourth-order valence-corrected chi connectivity index (χ4v) is 5.21. The van der Waals surface area contributed by atoms with Gasteiger partial charge in [-0.05, 0) is 72.3 Å². The molecule has 1 amide bonds. The summed E-state index contributed by atoms with van der Waals surface area (Å²) in [5.41, 5.74) is -0.986. The number of carbonyl (C=O) groups is 2. The summed E-state index contributed by atoms with van der Waals surface area (Å²) in [7, 11) is 0. The first kappa shape index (κ1) is 21.9. The third-order valence-corrected chi connectivity index (χ3v) is 7.55. The van der Waals surface area contributed by atoms with Crippen molar-refractivity contribution in [3.8, 4) is 11.1 Å². The zero-order valence-corrected chi connectivity index (χ0v) is 17.9. The molecule has 3 fully saturated rings. The number of piperidine rings is 1. The highest BCUT2D eigenvalue weighted by Gasteiger charge is 2.57. The summed E-state index contributed by atoms with van der Waals surface area (Å²) in [4.78, 5) is 25.2. The standard InChI is InChI=1S/C25H24F3NO4/c26-25(27,28)19-13-17(21(30)31)5-6-18(19)15-1-3-16(4-2-15)20-14-23(20)9-11-29(12-10-23)22(32)24(33)7-8-24/h1-6,13,20,33H,7-12,14H2,(H,30,31)/t20-/m1/s1. The Morgan fingerprint density at radius 2 is 1.61 bits per heavy atom. The Bertz CT molecular complexity index is 1110. The van der Waals surface area contributed by atoms with Gasteiger partial charge in [-0.25, -0.2) is 4.79 Å². The molecule has 1 atom stereocenters. The number of rotatable bonds is 4. The summed E-state index contributed by atoms with van der Waals surface area (Å²) in [5, 5.41) is 19.1. The van der Waals surface area contributed by atoms with Crippen molar-refractivity contribution >= 4 is 11.9 Å². The Morgan fingerprint density at radius 3 is 2.15 bits per heavy atom. The number of carboxylic acids is 1. The molecule has 2 saturated carbocycles. The molecule has 5 rings (SSSR count). The first-order valence-electron chi connectivity index (χ1n) is 11.1. The van der Waals surface area contributed by atoms with Gasteiger partial charge in [0.1, 0.15) is 5.60 Å². The number of hydrogen-bond acceptors (Lipinski definition) is 3. The van der Waals surface area contributed by atoms with E-state index in [2.05, 4.69) is 0 Å². The molecule has 1 spiro atoms. The lowest BCUT2D eigenvalue weighted by atomic mass is 9.88. The van der Waals surface area contributed by atoms with Crippen molar-refractivity contribution in [1.29, 1.82) is 0 Å². The number of hydrogen-bond donors (Lipinski definition) is 2. The number of alkyl halides is 3. The van der Waals surface area contributed by atoms with Gasteiger partial charge in [0.15, 0.2) is 0 Å². The predicted octanol–water partition coefficient (Wildman–Crippen LogP) is 4.69. The molecule has 0 bridgehead atoms. The Balaban J connectivity index is 1.31. The highest BCUT2D eigenvalue weighted by atomic mass is 19.4. The quantitative estimate of drug-likeness (QED) is 0.695. The molecule has 1 heterocycles. The number of nitrogens with zero attached hydrogens (tertiary/aromatic N) is 1. The molecule has 2 aliphatic carbocycles. The fraction of sp³-hybridized carbons (Fsp3) is 0.440. The smallest absolute Gasteiger partial charge is 0.417 e. The lowest BCUT2D eigenvalue weighted by molar-refractivity contribution is -0.144. The summed E-state index contributed by atoms with van der Waals surface area (Å²) < 4.78 is 40.7. The van der Waals surface area contributed by atoms with Crippen LogP contribution in [0.25, 0.3) is 11.1 Å². The number of aliphatic hydroxyl groups is 1.